The summed E-state index contributed by atoms with van der Waals surface area (Å²) in [5, 5.41) is 3.53. The van der Waals surface area contributed by atoms with Crippen LogP contribution >= 0.6 is 23.2 Å². The maximum atomic E-state index is 11.9. The van der Waals surface area contributed by atoms with Crippen molar-refractivity contribution in [3.63, 3.8) is 0 Å². The van der Waals surface area contributed by atoms with Gasteiger partial charge in [0, 0.05) is 30.4 Å². The summed E-state index contributed by atoms with van der Waals surface area (Å²) >= 11 is 12.2. The van der Waals surface area contributed by atoms with Crippen molar-refractivity contribution < 1.29 is 4.79 Å². The van der Waals surface area contributed by atoms with E-state index in [1.165, 1.54) is 0 Å². The minimum atomic E-state index is -0.0740. The van der Waals surface area contributed by atoms with Crippen molar-refractivity contribution in [1.29, 1.82) is 0 Å². The van der Waals surface area contributed by atoms with Crippen LogP contribution in [0, 0.1) is 0 Å². The number of anilines is 1. The first kappa shape index (κ1) is 15.9. The molecule has 4 rings (SSSR count). The molecule has 4 N–H and O–H groups in total. The van der Waals surface area contributed by atoms with Crippen molar-refractivity contribution in [1.82, 2.24) is 20.3 Å². The highest BCUT2D eigenvalue weighted by atomic mass is 35.5. The van der Waals surface area contributed by atoms with E-state index in [4.69, 9.17) is 28.9 Å². The average Bonchev–Trinajstić information content (AvgIpc) is 3.05. The molecular formula is C17H13Cl2N5O. The summed E-state index contributed by atoms with van der Waals surface area (Å²) in [5.74, 6) is 0.397. The third-order valence-corrected chi connectivity index (χ3v) is 4.70. The molecule has 0 saturated heterocycles. The molecule has 1 aliphatic rings. The number of nitrogens with zero attached hydrogens (tertiary/aromatic N) is 2. The van der Waals surface area contributed by atoms with Crippen LogP contribution in [0.3, 0.4) is 0 Å². The van der Waals surface area contributed by atoms with Gasteiger partial charge in [-0.15, -0.1) is 0 Å². The maximum Gasteiger partial charge on any atom is 0.253 e. The second kappa shape index (κ2) is 6.06. The molecule has 126 valence electrons. The number of carbonyl (C=O) groups is 1. The van der Waals surface area contributed by atoms with Gasteiger partial charge in [0.2, 0.25) is 0 Å². The number of hydrogen-bond donors (Lipinski definition) is 3. The Balaban J connectivity index is 1.77. The molecule has 0 fully saturated rings. The van der Waals surface area contributed by atoms with Gasteiger partial charge in [0.1, 0.15) is 0 Å². The predicted molar refractivity (Wildman–Crippen MR) is 97.7 cm³/mol. The van der Waals surface area contributed by atoms with Crippen molar-refractivity contribution in [3.05, 3.63) is 51.8 Å². The van der Waals surface area contributed by atoms with E-state index in [1.807, 2.05) is 0 Å². The summed E-state index contributed by atoms with van der Waals surface area (Å²) in [6.45, 7) is 0.628. The highest BCUT2D eigenvalue weighted by molar-refractivity contribution is 6.39. The van der Waals surface area contributed by atoms with Crippen molar-refractivity contribution in [2.75, 3.05) is 12.3 Å². The lowest BCUT2D eigenvalue weighted by Gasteiger charge is -2.10. The minimum absolute atomic E-state index is 0.0740. The Morgan fingerprint density at radius 1 is 1.16 bits per heavy atom. The number of H-pyrrole nitrogens is 1. The number of hydrogen-bond acceptors (Lipinski definition) is 4. The Morgan fingerprint density at radius 2 is 1.92 bits per heavy atom. The molecule has 0 aliphatic carbocycles. The predicted octanol–water partition coefficient (Wildman–Crippen LogP) is 3.31. The minimum Gasteiger partial charge on any atom is -0.396 e. The molecule has 2 aromatic heterocycles. The van der Waals surface area contributed by atoms with Gasteiger partial charge in [-0.25, -0.2) is 9.97 Å². The van der Waals surface area contributed by atoms with Gasteiger partial charge in [0.15, 0.2) is 5.82 Å². The van der Waals surface area contributed by atoms with E-state index < -0.39 is 0 Å². The fourth-order valence-electron chi connectivity index (χ4n) is 2.79. The monoisotopic (exact) mass is 373 g/mol. The lowest BCUT2D eigenvalue weighted by molar-refractivity contribution is 0.0946. The lowest BCUT2D eigenvalue weighted by Crippen LogP contribution is -2.31. The molecule has 25 heavy (non-hydrogen) atoms. The number of nitrogens with one attached hydrogen (secondary N) is 2. The van der Waals surface area contributed by atoms with Crippen molar-refractivity contribution in [2.24, 2.45) is 0 Å². The molecule has 0 saturated carbocycles. The molecule has 1 amide bonds. The van der Waals surface area contributed by atoms with Gasteiger partial charge in [-0.05, 0) is 24.3 Å². The van der Waals surface area contributed by atoms with Gasteiger partial charge >= 0.3 is 0 Å². The Bertz CT molecular complexity index is 975. The molecule has 3 heterocycles. The fraction of sp³-hybridized carbons (Fsp3) is 0.118. The van der Waals surface area contributed by atoms with Crippen molar-refractivity contribution >= 4 is 34.8 Å². The third kappa shape index (κ3) is 2.83. The summed E-state index contributed by atoms with van der Waals surface area (Å²) in [7, 11) is 0. The average molecular weight is 374 g/mol. The highest BCUT2D eigenvalue weighted by Gasteiger charge is 2.20. The smallest absolute Gasteiger partial charge is 0.253 e. The van der Waals surface area contributed by atoms with Crippen LogP contribution in [0.2, 0.25) is 10.0 Å². The van der Waals surface area contributed by atoms with E-state index in [1.54, 1.807) is 30.5 Å². The molecule has 1 aromatic carbocycles. The molecule has 8 heteroatoms. The number of benzene rings is 1. The Kier molecular flexibility index (Phi) is 3.86. The summed E-state index contributed by atoms with van der Waals surface area (Å²) < 4.78 is 0. The van der Waals surface area contributed by atoms with E-state index in [2.05, 4.69) is 20.3 Å². The Morgan fingerprint density at radius 3 is 2.64 bits per heavy atom. The third-order valence-electron chi connectivity index (χ3n) is 4.07. The number of aromatic nitrogens is 3. The first-order chi connectivity index (χ1) is 12.0. The van der Waals surface area contributed by atoms with E-state index in [0.717, 1.165) is 17.8 Å². The number of aromatic amines is 1. The first-order valence-electron chi connectivity index (χ1n) is 7.61. The van der Waals surface area contributed by atoms with E-state index >= 15 is 0 Å². The molecule has 0 bridgehead atoms. The van der Waals surface area contributed by atoms with Crippen LogP contribution in [0.4, 0.5) is 5.69 Å². The standard InChI is InChI=1S/C17H13Cl2N5O/c18-10-5-8(6-11(19)15(10)20)16-21-3-2-13(24-16)14-7-9-12(23-14)1-4-22-17(9)25/h2-3,5-7,23H,1,4,20H2,(H,22,25). The zero-order valence-corrected chi connectivity index (χ0v) is 14.4. The van der Waals surface area contributed by atoms with Crippen molar-refractivity contribution in [3.8, 4) is 22.8 Å². The lowest BCUT2D eigenvalue weighted by atomic mass is 10.1. The van der Waals surface area contributed by atoms with Gasteiger partial charge in [0.25, 0.3) is 5.91 Å². The second-order valence-electron chi connectivity index (χ2n) is 5.70. The van der Waals surface area contributed by atoms with Crippen LogP contribution in [-0.2, 0) is 6.42 Å². The van der Waals surface area contributed by atoms with Crippen LogP contribution in [-0.4, -0.2) is 27.4 Å². The number of fused-ring (bicyclic) bond motifs is 1. The van der Waals surface area contributed by atoms with Gasteiger partial charge in [-0.2, -0.15) is 0 Å². The van der Waals surface area contributed by atoms with Crippen LogP contribution in [0.1, 0.15) is 16.1 Å². The zero-order chi connectivity index (χ0) is 17.6. The van der Waals surface area contributed by atoms with Crippen LogP contribution < -0.4 is 11.1 Å². The summed E-state index contributed by atoms with van der Waals surface area (Å²) in [4.78, 5) is 24.0. The topological polar surface area (TPSA) is 96.7 Å². The van der Waals surface area contributed by atoms with Crippen molar-refractivity contribution in [2.45, 2.75) is 6.42 Å². The Hall–Kier alpha value is -2.57. The molecule has 6 nitrogen and oxygen atoms in total. The molecule has 0 atom stereocenters. The summed E-state index contributed by atoms with van der Waals surface area (Å²) in [6.07, 6.45) is 2.41. The van der Waals surface area contributed by atoms with Gasteiger partial charge in [-0.1, -0.05) is 23.2 Å². The Labute approximate surface area is 153 Å². The maximum absolute atomic E-state index is 11.9. The molecule has 0 radical (unpaired) electrons. The van der Waals surface area contributed by atoms with Gasteiger partial charge in [-0.3, -0.25) is 4.79 Å². The van der Waals surface area contributed by atoms with Gasteiger partial charge < -0.3 is 16.0 Å². The summed E-state index contributed by atoms with van der Waals surface area (Å²) in [5.41, 5.74) is 9.77. The normalized spacial score (nSPS) is 13.4. The number of rotatable bonds is 2. The number of nitrogen functional groups attached to an aromatic ring is 1. The van der Waals surface area contributed by atoms with E-state index in [0.29, 0.717) is 44.9 Å². The van der Waals surface area contributed by atoms with E-state index in [-0.39, 0.29) is 5.91 Å². The zero-order valence-electron chi connectivity index (χ0n) is 12.9. The van der Waals surface area contributed by atoms with Crippen LogP contribution in [0.5, 0.6) is 0 Å². The van der Waals surface area contributed by atoms with E-state index in [9.17, 15) is 4.79 Å². The molecular weight excluding hydrogens is 361 g/mol. The molecule has 3 aromatic rings. The van der Waals surface area contributed by atoms with Gasteiger partial charge in [0.05, 0.1) is 32.7 Å². The number of halogens is 2. The number of nitrogens with two attached hydrogens (primary N) is 1. The van der Waals surface area contributed by atoms with Crippen LogP contribution in [0.15, 0.2) is 30.5 Å². The quantitative estimate of drug-likeness (QED) is 0.600. The molecule has 0 spiro atoms. The van der Waals surface area contributed by atoms with Crippen LogP contribution in [0.25, 0.3) is 22.8 Å². The molecule has 1 aliphatic heterocycles. The summed E-state index contributed by atoms with van der Waals surface area (Å²) in [6, 6.07) is 6.93. The largest absolute Gasteiger partial charge is 0.396 e. The second-order valence-corrected chi connectivity index (χ2v) is 6.51. The fourth-order valence-corrected chi connectivity index (χ4v) is 3.28. The SMILES string of the molecule is Nc1c(Cl)cc(-c2nccc(-c3cc4c([nH]3)CCNC4=O)n2)cc1Cl. The number of carbonyl (C=O) groups excluding carboxylic acids is 1. The highest BCUT2D eigenvalue weighted by Crippen LogP contribution is 2.33. The number of amides is 1. The first-order valence-corrected chi connectivity index (χ1v) is 8.37. The molecule has 0 unspecified atom stereocenters.